The lowest BCUT2D eigenvalue weighted by Gasteiger charge is -2.24. The van der Waals surface area contributed by atoms with Gasteiger partial charge in [-0.2, -0.15) is 13.2 Å². The number of hydrogen-bond donors (Lipinski definition) is 1. The van der Waals surface area contributed by atoms with E-state index >= 15 is 0 Å². The van der Waals surface area contributed by atoms with E-state index in [1.54, 1.807) is 6.92 Å². The van der Waals surface area contributed by atoms with Gasteiger partial charge in [0.2, 0.25) is 0 Å². The average Bonchev–Trinajstić information content (AvgIpc) is 2.73. The van der Waals surface area contributed by atoms with Crippen molar-refractivity contribution in [3.05, 3.63) is 34.9 Å². The molecular weight excluding hydrogens is 255 g/mol. The fraction of sp³-hybridized carbons (Fsp3) is 0.571. The minimum absolute atomic E-state index is 0.115. The summed E-state index contributed by atoms with van der Waals surface area (Å²) in [6.07, 6.45) is -3.49. The highest BCUT2D eigenvalue weighted by Gasteiger charge is 2.34. The number of aryl methyl sites for hydroxylation is 1. The SMILES string of the molecule is Cc1cc(C(F)(F)F)ccc1C(N)C1OCCC1C. The van der Waals surface area contributed by atoms with Crippen molar-refractivity contribution in [2.24, 2.45) is 11.7 Å². The van der Waals surface area contributed by atoms with Crippen LogP contribution < -0.4 is 5.73 Å². The van der Waals surface area contributed by atoms with Gasteiger partial charge in [-0.1, -0.05) is 13.0 Å². The fourth-order valence-electron chi connectivity index (χ4n) is 2.58. The topological polar surface area (TPSA) is 35.2 Å². The molecule has 0 bridgehead atoms. The molecule has 5 heteroatoms. The number of halogens is 3. The van der Waals surface area contributed by atoms with Gasteiger partial charge in [0.25, 0.3) is 0 Å². The molecule has 1 aliphatic heterocycles. The Morgan fingerprint density at radius 2 is 2.05 bits per heavy atom. The van der Waals surface area contributed by atoms with Crippen LogP contribution in [0.3, 0.4) is 0 Å². The highest BCUT2D eigenvalue weighted by Crippen LogP contribution is 2.34. The standard InChI is InChI=1S/C14H18F3NO/c1-8-5-6-19-13(8)12(18)11-4-3-10(7-9(11)2)14(15,16)17/h3-4,7-8,12-13H,5-6,18H2,1-2H3. The van der Waals surface area contributed by atoms with Crippen molar-refractivity contribution in [3.8, 4) is 0 Å². The molecule has 0 aliphatic carbocycles. The Bertz CT molecular complexity index is 458. The maximum Gasteiger partial charge on any atom is 0.416 e. The molecule has 0 spiro atoms. The van der Waals surface area contributed by atoms with Crippen molar-refractivity contribution in [1.82, 2.24) is 0 Å². The molecule has 1 aliphatic rings. The van der Waals surface area contributed by atoms with Gasteiger partial charge in [0, 0.05) is 6.61 Å². The molecule has 1 aromatic rings. The molecule has 106 valence electrons. The van der Waals surface area contributed by atoms with Gasteiger partial charge in [0.1, 0.15) is 0 Å². The largest absolute Gasteiger partial charge is 0.416 e. The molecule has 1 heterocycles. The van der Waals surface area contributed by atoms with Crippen molar-refractivity contribution < 1.29 is 17.9 Å². The summed E-state index contributed by atoms with van der Waals surface area (Å²) in [4.78, 5) is 0. The van der Waals surface area contributed by atoms with E-state index in [9.17, 15) is 13.2 Å². The van der Waals surface area contributed by atoms with Gasteiger partial charge in [-0.05, 0) is 42.5 Å². The third kappa shape index (κ3) is 2.92. The molecule has 0 radical (unpaired) electrons. The maximum absolute atomic E-state index is 12.6. The molecule has 2 N–H and O–H groups in total. The molecule has 0 amide bonds. The van der Waals surface area contributed by atoms with E-state index in [2.05, 4.69) is 6.92 Å². The van der Waals surface area contributed by atoms with Crippen LogP contribution in [0.1, 0.15) is 36.1 Å². The summed E-state index contributed by atoms with van der Waals surface area (Å²) in [6.45, 7) is 4.38. The first-order chi connectivity index (χ1) is 8.80. The quantitative estimate of drug-likeness (QED) is 0.896. The molecular formula is C14H18F3NO. The molecule has 19 heavy (non-hydrogen) atoms. The van der Waals surface area contributed by atoms with E-state index in [0.717, 1.165) is 24.1 Å². The first kappa shape index (κ1) is 14.3. The lowest BCUT2D eigenvalue weighted by Crippen LogP contribution is -2.30. The predicted molar refractivity (Wildman–Crippen MR) is 66.6 cm³/mol. The lowest BCUT2D eigenvalue weighted by molar-refractivity contribution is -0.137. The molecule has 2 rings (SSSR count). The highest BCUT2D eigenvalue weighted by atomic mass is 19.4. The van der Waals surface area contributed by atoms with Gasteiger partial charge in [-0.3, -0.25) is 0 Å². The second-order valence-corrected chi connectivity index (χ2v) is 5.20. The highest BCUT2D eigenvalue weighted by molar-refractivity contribution is 5.35. The zero-order valence-corrected chi connectivity index (χ0v) is 11.0. The summed E-state index contributed by atoms with van der Waals surface area (Å²) in [5.74, 6) is 0.330. The monoisotopic (exact) mass is 273 g/mol. The minimum Gasteiger partial charge on any atom is -0.376 e. The number of hydrogen-bond acceptors (Lipinski definition) is 2. The molecule has 1 saturated heterocycles. The fourth-order valence-corrected chi connectivity index (χ4v) is 2.58. The number of ether oxygens (including phenoxy) is 1. The van der Waals surface area contributed by atoms with Gasteiger partial charge in [-0.15, -0.1) is 0 Å². The van der Waals surface area contributed by atoms with Crippen LogP contribution in [0, 0.1) is 12.8 Å². The van der Waals surface area contributed by atoms with Crippen molar-refractivity contribution in [1.29, 1.82) is 0 Å². The summed E-state index contributed by atoms with van der Waals surface area (Å²) in [6, 6.07) is 3.33. The first-order valence-electron chi connectivity index (χ1n) is 6.35. The van der Waals surface area contributed by atoms with Gasteiger partial charge < -0.3 is 10.5 Å². The van der Waals surface area contributed by atoms with Gasteiger partial charge >= 0.3 is 6.18 Å². The zero-order valence-electron chi connectivity index (χ0n) is 11.0. The van der Waals surface area contributed by atoms with E-state index in [1.165, 1.54) is 6.07 Å². The van der Waals surface area contributed by atoms with E-state index in [1.807, 2.05) is 0 Å². The Kier molecular flexibility index (Phi) is 3.87. The maximum atomic E-state index is 12.6. The average molecular weight is 273 g/mol. The molecule has 3 unspecified atom stereocenters. The van der Waals surface area contributed by atoms with E-state index in [4.69, 9.17) is 10.5 Å². The van der Waals surface area contributed by atoms with Gasteiger partial charge in [-0.25, -0.2) is 0 Å². The predicted octanol–water partition coefficient (Wildman–Crippen LogP) is 3.44. The molecule has 3 atom stereocenters. The summed E-state index contributed by atoms with van der Waals surface area (Å²) in [7, 11) is 0. The summed E-state index contributed by atoms with van der Waals surface area (Å²) in [5, 5.41) is 0. The molecule has 2 nitrogen and oxygen atoms in total. The second-order valence-electron chi connectivity index (χ2n) is 5.20. The normalized spacial score (nSPS) is 25.6. The molecule has 0 saturated carbocycles. The minimum atomic E-state index is -4.31. The Balaban J connectivity index is 2.26. The van der Waals surface area contributed by atoms with Crippen LogP contribution >= 0.6 is 0 Å². The summed E-state index contributed by atoms with van der Waals surface area (Å²) in [5.41, 5.74) is 6.80. The van der Waals surface area contributed by atoms with Crippen LogP contribution in [-0.2, 0) is 10.9 Å². The van der Waals surface area contributed by atoms with Crippen molar-refractivity contribution >= 4 is 0 Å². The van der Waals surface area contributed by atoms with Crippen LogP contribution in [0.2, 0.25) is 0 Å². The van der Waals surface area contributed by atoms with E-state index in [0.29, 0.717) is 18.1 Å². The van der Waals surface area contributed by atoms with Crippen LogP contribution in [0.25, 0.3) is 0 Å². The Labute approximate surface area is 110 Å². The smallest absolute Gasteiger partial charge is 0.376 e. The second kappa shape index (κ2) is 5.13. The van der Waals surface area contributed by atoms with E-state index in [-0.39, 0.29) is 12.1 Å². The van der Waals surface area contributed by atoms with Crippen molar-refractivity contribution in [3.63, 3.8) is 0 Å². The van der Waals surface area contributed by atoms with Gasteiger partial charge in [0.05, 0.1) is 17.7 Å². The number of benzene rings is 1. The van der Waals surface area contributed by atoms with Crippen LogP contribution in [0.4, 0.5) is 13.2 Å². The van der Waals surface area contributed by atoms with Crippen molar-refractivity contribution in [2.75, 3.05) is 6.61 Å². The van der Waals surface area contributed by atoms with Crippen LogP contribution in [0.5, 0.6) is 0 Å². The Hall–Kier alpha value is -1.07. The number of nitrogens with two attached hydrogens (primary N) is 1. The van der Waals surface area contributed by atoms with Gasteiger partial charge in [0.15, 0.2) is 0 Å². The van der Waals surface area contributed by atoms with Crippen LogP contribution in [0.15, 0.2) is 18.2 Å². The third-order valence-corrected chi connectivity index (χ3v) is 3.75. The Morgan fingerprint density at radius 3 is 2.53 bits per heavy atom. The zero-order chi connectivity index (χ0) is 14.2. The number of rotatable bonds is 2. The van der Waals surface area contributed by atoms with Crippen molar-refractivity contribution in [2.45, 2.75) is 38.6 Å². The Morgan fingerprint density at radius 1 is 1.37 bits per heavy atom. The third-order valence-electron chi connectivity index (χ3n) is 3.75. The first-order valence-corrected chi connectivity index (χ1v) is 6.35. The summed E-state index contributed by atoms with van der Waals surface area (Å²) >= 11 is 0. The molecule has 1 aromatic carbocycles. The molecule has 0 aromatic heterocycles. The summed E-state index contributed by atoms with van der Waals surface area (Å²) < 4.78 is 43.4. The lowest BCUT2D eigenvalue weighted by atomic mass is 9.90. The molecule has 1 fully saturated rings. The van der Waals surface area contributed by atoms with Crippen LogP contribution in [-0.4, -0.2) is 12.7 Å². The van der Waals surface area contributed by atoms with E-state index < -0.39 is 11.7 Å². The number of alkyl halides is 3.